The molecule has 4 rings (SSSR count). The minimum Gasteiger partial charge on any atom is -0.345 e. The number of amides is 2. The fourth-order valence-electron chi connectivity index (χ4n) is 4.54. The first kappa shape index (κ1) is 22.3. The summed E-state index contributed by atoms with van der Waals surface area (Å²) in [7, 11) is 0. The number of likely N-dealkylation sites (tertiary alicyclic amines) is 1. The predicted molar refractivity (Wildman–Crippen MR) is 121 cm³/mol. The second kappa shape index (κ2) is 10.6. The molecule has 2 aliphatic rings. The second-order valence-corrected chi connectivity index (χ2v) is 8.14. The Hall–Kier alpha value is -2.37. The molecule has 2 N–H and O–H groups in total. The first-order chi connectivity index (χ1) is 14.2. The summed E-state index contributed by atoms with van der Waals surface area (Å²) < 4.78 is 0. The summed E-state index contributed by atoms with van der Waals surface area (Å²) >= 11 is 0. The van der Waals surface area contributed by atoms with Crippen LogP contribution in [0.3, 0.4) is 0 Å². The van der Waals surface area contributed by atoms with Crippen LogP contribution in [-0.2, 0) is 4.79 Å². The van der Waals surface area contributed by atoms with Crippen LogP contribution in [0.4, 0.5) is 0 Å². The van der Waals surface area contributed by atoms with Crippen LogP contribution < -0.4 is 10.6 Å². The van der Waals surface area contributed by atoms with Crippen LogP contribution >= 0.6 is 12.4 Å². The molecule has 0 spiro atoms. The van der Waals surface area contributed by atoms with Crippen LogP contribution in [0.15, 0.2) is 60.7 Å². The summed E-state index contributed by atoms with van der Waals surface area (Å²) in [5.41, 5.74) is 1.57. The van der Waals surface area contributed by atoms with Crippen molar-refractivity contribution in [3.05, 3.63) is 71.8 Å². The lowest BCUT2D eigenvalue weighted by atomic mass is 9.92. The number of hydrogen-bond acceptors (Lipinski definition) is 3. The normalized spacial score (nSPS) is 21.7. The number of hydrogen-bond donors (Lipinski definition) is 2. The number of nitrogens with zero attached hydrogens (tertiary/aromatic N) is 1. The van der Waals surface area contributed by atoms with Crippen molar-refractivity contribution in [3.8, 4) is 0 Å². The van der Waals surface area contributed by atoms with E-state index in [2.05, 4.69) is 10.6 Å². The average Bonchev–Trinajstić information content (AvgIpc) is 3.12. The van der Waals surface area contributed by atoms with Crippen molar-refractivity contribution in [1.29, 1.82) is 0 Å². The molecule has 2 aromatic rings. The molecule has 1 unspecified atom stereocenters. The van der Waals surface area contributed by atoms with Crippen LogP contribution in [0.2, 0.25) is 0 Å². The van der Waals surface area contributed by atoms with Crippen LogP contribution in [-0.4, -0.2) is 42.9 Å². The van der Waals surface area contributed by atoms with E-state index >= 15 is 0 Å². The average molecular weight is 428 g/mol. The molecule has 0 saturated carbocycles. The van der Waals surface area contributed by atoms with Gasteiger partial charge >= 0.3 is 0 Å². The summed E-state index contributed by atoms with van der Waals surface area (Å²) in [5.74, 6) is 1.36. The van der Waals surface area contributed by atoms with Crippen LogP contribution in [0.1, 0.15) is 41.2 Å². The third-order valence-electron chi connectivity index (χ3n) is 6.29. The summed E-state index contributed by atoms with van der Waals surface area (Å²) in [5, 5.41) is 6.55. The van der Waals surface area contributed by atoms with E-state index in [9.17, 15) is 9.59 Å². The van der Waals surface area contributed by atoms with Gasteiger partial charge in [-0.05, 0) is 55.5 Å². The standard InChI is InChI=1S/C24H29N3O2.ClH/c28-23(27-13-11-20-16-25-17-21(20)12-14-27)15-22(18-7-3-1-4-8-18)26-24(29)19-9-5-2-6-10-19;/h1-10,20-22,25H,11-17H2,(H,26,29);1H/t20-,21+,22?;. The van der Waals surface area contributed by atoms with Gasteiger partial charge in [0.1, 0.15) is 0 Å². The van der Waals surface area contributed by atoms with E-state index in [4.69, 9.17) is 0 Å². The highest BCUT2D eigenvalue weighted by atomic mass is 35.5. The van der Waals surface area contributed by atoms with Gasteiger partial charge < -0.3 is 15.5 Å². The Labute approximate surface area is 184 Å². The van der Waals surface area contributed by atoms with E-state index in [0.717, 1.165) is 44.6 Å². The molecule has 2 aromatic carbocycles. The predicted octanol–water partition coefficient (Wildman–Crippen LogP) is 3.43. The fraction of sp³-hybridized carbons (Fsp3) is 0.417. The van der Waals surface area contributed by atoms with E-state index in [0.29, 0.717) is 17.4 Å². The van der Waals surface area contributed by atoms with Crippen molar-refractivity contribution in [3.63, 3.8) is 0 Å². The Morgan fingerprint density at radius 1 is 0.933 bits per heavy atom. The molecule has 2 aliphatic heterocycles. The number of benzene rings is 2. The number of nitrogens with one attached hydrogen (secondary N) is 2. The smallest absolute Gasteiger partial charge is 0.251 e. The number of halogens is 1. The lowest BCUT2D eigenvalue weighted by Gasteiger charge is -2.25. The van der Waals surface area contributed by atoms with E-state index < -0.39 is 0 Å². The van der Waals surface area contributed by atoms with Gasteiger partial charge in [0.05, 0.1) is 12.5 Å². The maximum absolute atomic E-state index is 13.1. The number of carbonyl (C=O) groups excluding carboxylic acids is 2. The molecule has 30 heavy (non-hydrogen) atoms. The molecule has 0 aliphatic carbocycles. The summed E-state index contributed by atoms with van der Waals surface area (Å²) in [6, 6.07) is 18.6. The van der Waals surface area contributed by atoms with Gasteiger partial charge in [0.25, 0.3) is 5.91 Å². The summed E-state index contributed by atoms with van der Waals surface area (Å²) in [6.07, 6.45) is 2.42. The molecular weight excluding hydrogens is 398 g/mol. The third-order valence-corrected chi connectivity index (χ3v) is 6.29. The molecule has 2 fully saturated rings. The molecule has 0 bridgehead atoms. The quantitative estimate of drug-likeness (QED) is 0.768. The lowest BCUT2D eigenvalue weighted by molar-refractivity contribution is -0.131. The highest BCUT2D eigenvalue weighted by Crippen LogP contribution is 2.28. The van der Waals surface area contributed by atoms with Crippen LogP contribution in [0.25, 0.3) is 0 Å². The maximum atomic E-state index is 13.1. The second-order valence-electron chi connectivity index (χ2n) is 8.14. The molecule has 0 aromatic heterocycles. The van der Waals surface area contributed by atoms with Crippen molar-refractivity contribution in [2.45, 2.75) is 25.3 Å². The number of fused-ring (bicyclic) bond motifs is 1. The van der Waals surface area contributed by atoms with Gasteiger partial charge in [0.15, 0.2) is 0 Å². The van der Waals surface area contributed by atoms with Crippen molar-refractivity contribution >= 4 is 24.2 Å². The largest absolute Gasteiger partial charge is 0.345 e. The van der Waals surface area contributed by atoms with Crippen molar-refractivity contribution in [2.75, 3.05) is 26.2 Å². The molecule has 6 heteroatoms. The summed E-state index contributed by atoms with van der Waals surface area (Å²) in [4.78, 5) is 27.9. The van der Waals surface area contributed by atoms with E-state index in [-0.39, 0.29) is 36.7 Å². The molecule has 2 saturated heterocycles. The molecule has 160 valence electrons. The molecule has 5 nitrogen and oxygen atoms in total. The molecule has 2 amide bonds. The van der Waals surface area contributed by atoms with Gasteiger partial charge in [-0.15, -0.1) is 12.4 Å². The number of rotatable bonds is 5. The Kier molecular flexibility index (Phi) is 7.88. The highest BCUT2D eigenvalue weighted by molar-refractivity contribution is 5.94. The first-order valence-corrected chi connectivity index (χ1v) is 10.6. The van der Waals surface area contributed by atoms with Gasteiger partial charge in [-0.25, -0.2) is 0 Å². The molecule has 3 atom stereocenters. The van der Waals surface area contributed by atoms with Crippen molar-refractivity contribution in [2.24, 2.45) is 11.8 Å². The topological polar surface area (TPSA) is 61.4 Å². The Morgan fingerprint density at radius 2 is 1.50 bits per heavy atom. The van der Waals surface area contributed by atoms with Gasteiger partial charge in [0, 0.05) is 18.7 Å². The zero-order chi connectivity index (χ0) is 20.1. The van der Waals surface area contributed by atoms with Crippen molar-refractivity contribution < 1.29 is 9.59 Å². The minimum absolute atomic E-state index is 0. The first-order valence-electron chi connectivity index (χ1n) is 10.6. The highest BCUT2D eigenvalue weighted by Gasteiger charge is 2.32. The van der Waals surface area contributed by atoms with Crippen molar-refractivity contribution in [1.82, 2.24) is 15.5 Å². The van der Waals surface area contributed by atoms with Gasteiger partial charge in [-0.1, -0.05) is 48.5 Å². The summed E-state index contributed by atoms with van der Waals surface area (Å²) in [6.45, 7) is 3.78. The Balaban J connectivity index is 0.00000256. The van der Waals surface area contributed by atoms with E-state index in [1.807, 2.05) is 53.4 Å². The van der Waals surface area contributed by atoms with E-state index in [1.165, 1.54) is 0 Å². The fourth-order valence-corrected chi connectivity index (χ4v) is 4.54. The molecule has 2 heterocycles. The minimum atomic E-state index is -0.333. The maximum Gasteiger partial charge on any atom is 0.251 e. The third kappa shape index (κ3) is 5.41. The SMILES string of the molecule is Cl.O=C(NC(CC(=O)N1CC[C@@H]2CNC[C@@H]2CC1)c1ccccc1)c1ccccc1. The lowest BCUT2D eigenvalue weighted by Crippen LogP contribution is -2.37. The van der Waals surface area contributed by atoms with E-state index in [1.54, 1.807) is 12.1 Å². The van der Waals surface area contributed by atoms with Gasteiger partial charge in [-0.3, -0.25) is 9.59 Å². The molecular formula is C24H30ClN3O2. The van der Waals surface area contributed by atoms with Gasteiger partial charge in [0.2, 0.25) is 5.91 Å². The Bertz CT molecular complexity index is 817. The zero-order valence-electron chi connectivity index (χ0n) is 17.1. The van der Waals surface area contributed by atoms with Crippen LogP contribution in [0.5, 0.6) is 0 Å². The monoisotopic (exact) mass is 427 g/mol. The zero-order valence-corrected chi connectivity index (χ0v) is 17.9. The number of carbonyl (C=O) groups is 2. The Morgan fingerprint density at radius 3 is 2.10 bits per heavy atom. The van der Waals surface area contributed by atoms with Gasteiger partial charge in [-0.2, -0.15) is 0 Å². The molecule has 0 radical (unpaired) electrons. The van der Waals surface area contributed by atoms with Crippen LogP contribution in [0, 0.1) is 11.8 Å².